The van der Waals surface area contributed by atoms with Gasteiger partial charge in [-0.2, -0.15) is 0 Å². The molecule has 8 heteroatoms. The first-order valence-corrected chi connectivity index (χ1v) is 11.3. The zero-order chi connectivity index (χ0) is 23.5. The molecule has 4 heterocycles. The minimum Gasteiger partial charge on any atom is -0.381 e. The largest absolute Gasteiger partial charge is 0.381 e. The summed E-state index contributed by atoms with van der Waals surface area (Å²) in [4.78, 5) is 23.4. The lowest BCUT2D eigenvalue weighted by Gasteiger charge is -2.31. The van der Waals surface area contributed by atoms with Crippen LogP contribution < -0.4 is 10.6 Å². The fraction of sp³-hybridized carbons (Fsp3) is 0.269. The van der Waals surface area contributed by atoms with Gasteiger partial charge in [0.1, 0.15) is 0 Å². The average molecular weight is 462 g/mol. The first-order valence-electron chi connectivity index (χ1n) is 11.3. The number of carbonyl (C=O) groups excluding carboxylic acids is 1. The number of carbonyl (C=O) groups is 1. The average Bonchev–Trinajstić information content (AvgIpc) is 2.85. The van der Waals surface area contributed by atoms with E-state index in [1.165, 1.54) is 0 Å². The van der Waals surface area contributed by atoms with Crippen molar-refractivity contribution in [2.45, 2.75) is 25.3 Å². The summed E-state index contributed by atoms with van der Waals surface area (Å²) in [5.41, 5.74) is 5.83. The molecule has 1 fully saturated rings. The van der Waals surface area contributed by atoms with Gasteiger partial charge in [0.2, 0.25) is 0 Å². The van der Waals surface area contributed by atoms with E-state index in [9.17, 15) is 13.6 Å². The van der Waals surface area contributed by atoms with E-state index in [2.05, 4.69) is 20.6 Å². The van der Waals surface area contributed by atoms with Crippen molar-refractivity contribution in [3.63, 3.8) is 0 Å². The Morgan fingerprint density at radius 3 is 2.62 bits per heavy atom. The van der Waals surface area contributed by atoms with E-state index in [1.54, 1.807) is 36.9 Å². The number of nitrogens with zero attached hydrogens (tertiary/aromatic N) is 3. The van der Waals surface area contributed by atoms with E-state index < -0.39 is 5.92 Å². The Labute approximate surface area is 196 Å². The summed E-state index contributed by atoms with van der Waals surface area (Å²) in [6.45, 7) is 1.91. The zero-order valence-electron chi connectivity index (χ0n) is 18.6. The van der Waals surface area contributed by atoms with Crippen LogP contribution in [0.15, 0.2) is 67.3 Å². The molecule has 2 N–H and O–H groups in total. The number of anilines is 2. The predicted octanol–water partition coefficient (Wildman–Crippen LogP) is 4.82. The van der Waals surface area contributed by atoms with Gasteiger partial charge in [0.15, 0.2) is 0 Å². The van der Waals surface area contributed by atoms with Crippen molar-refractivity contribution in [1.29, 1.82) is 0 Å². The number of benzene rings is 1. The maximum atomic E-state index is 13.5. The normalized spacial score (nSPS) is 17.3. The Kier molecular flexibility index (Phi) is 6.06. The SMILES string of the molecule is O=C(Nc1ccncc1)C1=CCNc2ccc(-c3cncc(CN4CCC(F)(F)CC4)c3)cc21. The second-order valence-corrected chi connectivity index (χ2v) is 8.66. The van der Waals surface area contributed by atoms with Crippen LogP contribution in [0.1, 0.15) is 24.0 Å². The minimum atomic E-state index is -2.55. The Morgan fingerprint density at radius 1 is 1.03 bits per heavy atom. The summed E-state index contributed by atoms with van der Waals surface area (Å²) in [6, 6.07) is 11.5. The number of piperidine rings is 1. The van der Waals surface area contributed by atoms with Gasteiger partial charge in [0.05, 0.1) is 0 Å². The number of aromatic nitrogens is 2. The molecule has 2 aromatic heterocycles. The smallest absolute Gasteiger partial charge is 0.256 e. The maximum absolute atomic E-state index is 13.5. The number of pyridine rings is 2. The first kappa shape index (κ1) is 22.2. The van der Waals surface area contributed by atoms with Gasteiger partial charge in [0.25, 0.3) is 11.8 Å². The molecule has 3 aromatic rings. The molecule has 5 rings (SSSR count). The van der Waals surface area contributed by atoms with Crippen LogP contribution in [0.5, 0.6) is 0 Å². The molecule has 0 aliphatic carbocycles. The third-order valence-electron chi connectivity index (χ3n) is 6.21. The molecule has 174 valence electrons. The van der Waals surface area contributed by atoms with Crippen molar-refractivity contribution in [3.05, 3.63) is 78.4 Å². The van der Waals surface area contributed by atoms with Crippen LogP contribution in [0.3, 0.4) is 0 Å². The van der Waals surface area contributed by atoms with E-state index in [0.717, 1.165) is 27.9 Å². The molecule has 1 aromatic carbocycles. The van der Waals surface area contributed by atoms with Crippen LogP contribution in [-0.2, 0) is 11.3 Å². The summed E-state index contributed by atoms with van der Waals surface area (Å²) >= 11 is 0. The number of rotatable bonds is 5. The molecule has 0 atom stereocenters. The Bertz CT molecular complexity index is 1220. The molecule has 34 heavy (non-hydrogen) atoms. The second-order valence-electron chi connectivity index (χ2n) is 8.66. The van der Waals surface area contributed by atoms with E-state index in [-0.39, 0.29) is 18.7 Å². The summed E-state index contributed by atoms with van der Waals surface area (Å²) in [5.74, 6) is -2.73. The quantitative estimate of drug-likeness (QED) is 0.570. The van der Waals surface area contributed by atoms with Crippen LogP contribution in [0.4, 0.5) is 20.2 Å². The summed E-state index contributed by atoms with van der Waals surface area (Å²) < 4.78 is 26.9. The minimum absolute atomic E-state index is 0.103. The number of halogens is 2. The fourth-order valence-electron chi connectivity index (χ4n) is 4.35. The van der Waals surface area contributed by atoms with Crippen LogP contribution >= 0.6 is 0 Å². The molecule has 0 spiro atoms. The number of hydrogen-bond donors (Lipinski definition) is 2. The highest BCUT2D eigenvalue weighted by Gasteiger charge is 2.33. The van der Waals surface area contributed by atoms with Crippen molar-refractivity contribution < 1.29 is 13.6 Å². The highest BCUT2D eigenvalue weighted by atomic mass is 19.3. The molecular weight excluding hydrogens is 436 g/mol. The summed E-state index contributed by atoms with van der Waals surface area (Å²) in [7, 11) is 0. The number of likely N-dealkylation sites (tertiary alicyclic amines) is 1. The second kappa shape index (κ2) is 9.30. The molecule has 0 radical (unpaired) electrons. The van der Waals surface area contributed by atoms with Crippen LogP contribution in [-0.4, -0.2) is 46.3 Å². The van der Waals surface area contributed by atoms with Crippen molar-refractivity contribution in [1.82, 2.24) is 14.9 Å². The molecule has 1 amide bonds. The lowest BCUT2D eigenvalue weighted by Crippen LogP contribution is -2.38. The van der Waals surface area contributed by atoms with Gasteiger partial charge in [-0.15, -0.1) is 0 Å². The summed E-state index contributed by atoms with van der Waals surface area (Å²) in [6.07, 6.45) is 8.50. The third-order valence-corrected chi connectivity index (χ3v) is 6.21. The van der Waals surface area contributed by atoms with Gasteiger partial charge in [0, 0.05) is 91.9 Å². The Balaban J connectivity index is 1.36. The number of hydrogen-bond acceptors (Lipinski definition) is 5. The lowest BCUT2D eigenvalue weighted by atomic mass is 9.94. The summed E-state index contributed by atoms with van der Waals surface area (Å²) in [5, 5.41) is 6.24. The zero-order valence-corrected chi connectivity index (χ0v) is 18.6. The number of amides is 1. The third kappa shape index (κ3) is 4.97. The maximum Gasteiger partial charge on any atom is 0.256 e. The van der Waals surface area contributed by atoms with Crippen LogP contribution in [0, 0.1) is 0 Å². The molecule has 2 aliphatic heterocycles. The van der Waals surface area contributed by atoms with Crippen molar-refractivity contribution in [2.75, 3.05) is 30.3 Å². The first-order chi connectivity index (χ1) is 16.5. The Morgan fingerprint density at radius 2 is 1.82 bits per heavy atom. The lowest BCUT2D eigenvalue weighted by molar-refractivity contribution is -0.111. The van der Waals surface area contributed by atoms with Crippen LogP contribution in [0.25, 0.3) is 16.7 Å². The van der Waals surface area contributed by atoms with Crippen molar-refractivity contribution in [2.24, 2.45) is 0 Å². The molecule has 0 saturated carbocycles. The van der Waals surface area contributed by atoms with E-state index in [4.69, 9.17) is 0 Å². The number of fused-ring (bicyclic) bond motifs is 1. The van der Waals surface area contributed by atoms with Gasteiger partial charge in [-0.3, -0.25) is 19.7 Å². The van der Waals surface area contributed by atoms with Crippen molar-refractivity contribution in [3.8, 4) is 11.1 Å². The highest BCUT2D eigenvalue weighted by molar-refractivity contribution is 6.27. The van der Waals surface area contributed by atoms with Crippen LogP contribution in [0.2, 0.25) is 0 Å². The standard InChI is InChI=1S/C26H25F2N5O/c27-26(28)6-11-33(12-7-26)17-18-13-20(16-30-15-18)19-1-2-24-23(14-19)22(5-10-31-24)25(34)32-21-3-8-29-9-4-21/h1-5,8-9,13-16,31H,6-7,10-12,17H2,(H,29,32,34). The van der Waals surface area contributed by atoms with Gasteiger partial charge in [-0.05, 0) is 41.5 Å². The Hall–Kier alpha value is -3.65. The molecule has 2 aliphatic rings. The van der Waals surface area contributed by atoms with Crippen molar-refractivity contribution >= 4 is 22.9 Å². The fourth-order valence-corrected chi connectivity index (χ4v) is 4.35. The van der Waals surface area contributed by atoms with E-state index >= 15 is 0 Å². The van der Waals surface area contributed by atoms with Gasteiger partial charge in [-0.1, -0.05) is 12.1 Å². The van der Waals surface area contributed by atoms with Gasteiger partial charge in [-0.25, -0.2) is 8.78 Å². The molecule has 6 nitrogen and oxygen atoms in total. The number of alkyl halides is 2. The highest BCUT2D eigenvalue weighted by Crippen LogP contribution is 2.33. The van der Waals surface area contributed by atoms with E-state index in [1.807, 2.05) is 35.2 Å². The van der Waals surface area contributed by atoms with Gasteiger partial charge < -0.3 is 10.6 Å². The topological polar surface area (TPSA) is 70.1 Å². The molecule has 1 saturated heterocycles. The molecule has 0 bridgehead atoms. The monoisotopic (exact) mass is 461 g/mol. The van der Waals surface area contributed by atoms with E-state index in [0.29, 0.717) is 37.4 Å². The molecular formula is C26H25F2N5O. The van der Waals surface area contributed by atoms with Gasteiger partial charge >= 0.3 is 0 Å². The predicted molar refractivity (Wildman–Crippen MR) is 128 cm³/mol. The molecule has 0 unspecified atom stereocenters. The number of nitrogens with one attached hydrogen (secondary N) is 2.